The van der Waals surface area contributed by atoms with Gasteiger partial charge in [0, 0.05) is 6.08 Å². The standard InChI is InChI=1S/C18H40O4Si3/c1-13-18(19)20-17(8)23(9,10)21-24(11,12)22-25(14(2)3,15(4)5)16(6)7/h13-17H,1H2,2-12H3. The number of carbonyl (C=O) groups is 1. The molecule has 0 aliphatic heterocycles. The van der Waals surface area contributed by atoms with Crippen molar-refractivity contribution >= 4 is 31.2 Å². The van der Waals surface area contributed by atoms with Crippen molar-refractivity contribution < 1.29 is 17.8 Å². The van der Waals surface area contributed by atoms with E-state index in [1.807, 2.05) is 6.92 Å². The smallest absolute Gasteiger partial charge is 0.330 e. The Morgan fingerprint density at radius 2 is 1.24 bits per heavy atom. The van der Waals surface area contributed by atoms with Crippen LogP contribution in [0.25, 0.3) is 0 Å². The molecule has 0 spiro atoms. The van der Waals surface area contributed by atoms with Crippen molar-refractivity contribution in [2.24, 2.45) is 0 Å². The Morgan fingerprint density at radius 3 is 1.56 bits per heavy atom. The molecular weight excluding hydrogens is 364 g/mol. The van der Waals surface area contributed by atoms with Gasteiger partial charge in [0.1, 0.15) is 5.73 Å². The molecule has 0 aromatic rings. The van der Waals surface area contributed by atoms with E-state index in [2.05, 4.69) is 74.3 Å². The van der Waals surface area contributed by atoms with Gasteiger partial charge < -0.3 is 13.0 Å². The van der Waals surface area contributed by atoms with Gasteiger partial charge in [0.15, 0.2) is 8.32 Å². The van der Waals surface area contributed by atoms with Crippen LogP contribution in [0, 0.1) is 0 Å². The van der Waals surface area contributed by atoms with Gasteiger partial charge in [0.25, 0.3) is 0 Å². The number of esters is 1. The van der Waals surface area contributed by atoms with Crippen LogP contribution in [0.3, 0.4) is 0 Å². The van der Waals surface area contributed by atoms with E-state index in [1.54, 1.807) is 0 Å². The van der Waals surface area contributed by atoms with Crippen molar-refractivity contribution in [1.82, 2.24) is 0 Å². The van der Waals surface area contributed by atoms with Gasteiger partial charge in [-0.1, -0.05) is 48.1 Å². The fraction of sp³-hybridized carbons (Fsp3) is 0.833. The van der Waals surface area contributed by atoms with E-state index in [1.165, 1.54) is 6.08 Å². The normalized spacial score (nSPS) is 15.0. The number of hydrogen-bond donors (Lipinski definition) is 0. The van der Waals surface area contributed by atoms with Crippen LogP contribution in [0.1, 0.15) is 48.5 Å². The highest BCUT2D eigenvalue weighted by molar-refractivity contribution is 6.90. The maximum absolute atomic E-state index is 11.5. The van der Waals surface area contributed by atoms with Crippen molar-refractivity contribution in [3.05, 3.63) is 12.7 Å². The molecule has 0 aliphatic rings. The molecule has 1 atom stereocenters. The van der Waals surface area contributed by atoms with Crippen molar-refractivity contribution in [2.75, 3.05) is 0 Å². The maximum Gasteiger partial charge on any atom is 0.330 e. The second-order valence-electron chi connectivity index (χ2n) is 8.81. The Hall–Kier alpha value is -0.219. The summed E-state index contributed by atoms with van der Waals surface area (Å²) in [6.45, 7) is 27.6. The summed E-state index contributed by atoms with van der Waals surface area (Å²) in [5.74, 6) is -0.396. The first kappa shape index (κ1) is 24.8. The predicted octanol–water partition coefficient (Wildman–Crippen LogP) is 5.76. The summed E-state index contributed by atoms with van der Waals surface area (Å²) >= 11 is 0. The third-order valence-electron chi connectivity index (χ3n) is 5.08. The summed E-state index contributed by atoms with van der Waals surface area (Å²) in [5, 5.41) is 0. The van der Waals surface area contributed by atoms with Gasteiger partial charge in [-0.25, -0.2) is 4.79 Å². The van der Waals surface area contributed by atoms with Crippen molar-refractivity contribution in [3.8, 4) is 0 Å². The van der Waals surface area contributed by atoms with Gasteiger partial charge in [-0.05, 0) is 49.7 Å². The average Bonchev–Trinajstić information content (AvgIpc) is 2.42. The molecule has 148 valence electrons. The van der Waals surface area contributed by atoms with Gasteiger partial charge >= 0.3 is 14.5 Å². The molecular formula is C18H40O4Si3. The maximum atomic E-state index is 11.5. The molecule has 7 heteroatoms. The Labute approximate surface area is 158 Å². The van der Waals surface area contributed by atoms with E-state index in [9.17, 15) is 4.79 Å². The zero-order valence-electron chi connectivity index (χ0n) is 18.2. The lowest BCUT2D eigenvalue weighted by molar-refractivity contribution is -0.139. The Balaban J connectivity index is 5.47. The third kappa shape index (κ3) is 6.46. The monoisotopic (exact) mass is 404 g/mol. The van der Waals surface area contributed by atoms with E-state index >= 15 is 0 Å². The predicted molar refractivity (Wildman–Crippen MR) is 114 cm³/mol. The van der Waals surface area contributed by atoms with Gasteiger partial charge in [0.05, 0.1) is 0 Å². The molecule has 25 heavy (non-hydrogen) atoms. The molecule has 0 saturated carbocycles. The summed E-state index contributed by atoms with van der Waals surface area (Å²) in [4.78, 5) is 11.5. The third-order valence-corrected chi connectivity index (χ3v) is 20.0. The first-order valence-electron chi connectivity index (χ1n) is 9.35. The van der Waals surface area contributed by atoms with E-state index in [4.69, 9.17) is 13.0 Å². The molecule has 0 heterocycles. The van der Waals surface area contributed by atoms with Crippen molar-refractivity contribution in [2.45, 2.75) is 97.0 Å². The molecule has 0 aromatic heterocycles. The lowest BCUT2D eigenvalue weighted by Gasteiger charge is -2.48. The number of ether oxygens (including phenoxy) is 1. The minimum atomic E-state index is -2.38. The fourth-order valence-corrected chi connectivity index (χ4v) is 20.8. The lowest BCUT2D eigenvalue weighted by atomic mass is 10.5. The van der Waals surface area contributed by atoms with Crippen LogP contribution in [-0.4, -0.2) is 36.9 Å². The van der Waals surface area contributed by atoms with E-state index in [-0.39, 0.29) is 5.73 Å². The molecule has 0 aromatic carbocycles. The molecule has 0 fully saturated rings. The van der Waals surface area contributed by atoms with Crippen LogP contribution >= 0.6 is 0 Å². The topological polar surface area (TPSA) is 44.8 Å². The lowest BCUT2D eigenvalue weighted by Crippen LogP contribution is -2.60. The molecule has 0 amide bonds. The van der Waals surface area contributed by atoms with Crippen molar-refractivity contribution in [1.29, 1.82) is 0 Å². The molecule has 0 rings (SSSR count). The molecule has 4 nitrogen and oxygen atoms in total. The van der Waals surface area contributed by atoms with Crippen LogP contribution in [0.2, 0.25) is 42.8 Å². The zero-order valence-corrected chi connectivity index (χ0v) is 21.2. The number of carbonyl (C=O) groups excluding carboxylic acids is 1. The molecule has 0 bridgehead atoms. The average molecular weight is 405 g/mol. The Bertz CT molecular complexity index is 437. The summed E-state index contributed by atoms with van der Waals surface area (Å²) in [5.41, 5.74) is 1.30. The first-order chi connectivity index (χ1) is 11.1. The summed E-state index contributed by atoms with van der Waals surface area (Å²) in [7, 11) is -6.64. The van der Waals surface area contributed by atoms with Gasteiger partial charge in [-0.2, -0.15) is 0 Å². The van der Waals surface area contributed by atoms with Gasteiger partial charge in [-0.3, -0.25) is 0 Å². The van der Waals surface area contributed by atoms with Crippen LogP contribution in [0.4, 0.5) is 0 Å². The van der Waals surface area contributed by atoms with Crippen LogP contribution < -0.4 is 0 Å². The number of rotatable bonds is 10. The molecule has 0 saturated heterocycles. The largest absolute Gasteiger partial charge is 0.460 e. The highest BCUT2D eigenvalue weighted by Crippen LogP contribution is 2.44. The molecule has 0 radical (unpaired) electrons. The van der Waals surface area contributed by atoms with Crippen LogP contribution in [0.5, 0.6) is 0 Å². The Morgan fingerprint density at radius 1 is 0.840 bits per heavy atom. The second-order valence-corrected chi connectivity index (χ2v) is 22.4. The van der Waals surface area contributed by atoms with Crippen molar-refractivity contribution in [3.63, 3.8) is 0 Å². The molecule has 0 aliphatic carbocycles. The first-order valence-corrected chi connectivity index (χ1v) is 17.3. The minimum Gasteiger partial charge on any atom is -0.460 e. The summed E-state index contributed by atoms with van der Waals surface area (Å²) < 4.78 is 19.0. The quantitative estimate of drug-likeness (QED) is 0.264. The minimum absolute atomic E-state index is 0.249. The summed E-state index contributed by atoms with van der Waals surface area (Å²) in [6, 6.07) is 0. The van der Waals surface area contributed by atoms with Gasteiger partial charge in [-0.15, -0.1) is 0 Å². The number of hydrogen-bond acceptors (Lipinski definition) is 4. The highest BCUT2D eigenvalue weighted by Gasteiger charge is 2.51. The summed E-state index contributed by atoms with van der Waals surface area (Å²) in [6.07, 6.45) is 1.20. The molecule has 1 unspecified atom stereocenters. The molecule has 0 N–H and O–H groups in total. The fourth-order valence-electron chi connectivity index (χ4n) is 3.88. The van der Waals surface area contributed by atoms with E-state index in [0.717, 1.165) is 0 Å². The highest BCUT2D eigenvalue weighted by atomic mass is 28.5. The van der Waals surface area contributed by atoms with Crippen LogP contribution in [-0.2, 0) is 17.8 Å². The van der Waals surface area contributed by atoms with E-state index in [0.29, 0.717) is 16.6 Å². The van der Waals surface area contributed by atoms with E-state index < -0.39 is 31.2 Å². The van der Waals surface area contributed by atoms with Gasteiger partial charge in [0.2, 0.25) is 8.32 Å². The SMILES string of the molecule is C=CC(=O)OC(C)[Si](C)(C)O[Si](C)(C)O[Si](C(C)C)(C(C)C)C(C)C. The second kappa shape index (κ2) is 9.12. The van der Waals surface area contributed by atoms with Crippen LogP contribution in [0.15, 0.2) is 12.7 Å². The Kier molecular flexibility index (Phi) is 9.04. The zero-order chi connectivity index (χ0) is 20.2.